The SMILES string of the molecule is COCCCC[C@@](O)(c1ccccc1Oc1ccc(F)cc1)[C@@H]1CCCN(C(=O)N2CC[C@H](N)C2)C1. The number of amides is 2. The van der Waals surface area contributed by atoms with E-state index in [4.69, 9.17) is 15.2 Å². The Morgan fingerprint density at radius 3 is 2.56 bits per heavy atom. The van der Waals surface area contributed by atoms with Gasteiger partial charge in [0.15, 0.2) is 0 Å². The first kappa shape index (κ1) is 26.4. The van der Waals surface area contributed by atoms with E-state index in [0.717, 1.165) is 32.1 Å². The summed E-state index contributed by atoms with van der Waals surface area (Å²) in [7, 11) is 1.67. The fraction of sp³-hybridized carbons (Fsp3) is 0.536. The molecule has 3 N–H and O–H groups in total. The highest BCUT2D eigenvalue weighted by Crippen LogP contribution is 2.44. The predicted octanol–water partition coefficient (Wildman–Crippen LogP) is 4.49. The van der Waals surface area contributed by atoms with Crippen LogP contribution in [0.15, 0.2) is 48.5 Å². The van der Waals surface area contributed by atoms with E-state index in [9.17, 15) is 14.3 Å². The molecule has 2 aromatic carbocycles. The van der Waals surface area contributed by atoms with Gasteiger partial charge in [-0.2, -0.15) is 0 Å². The van der Waals surface area contributed by atoms with Crippen LogP contribution in [-0.4, -0.2) is 66.9 Å². The largest absolute Gasteiger partial charge is 0.457 e. The van der Waals surface area contributed by atoms with Crippen molar-refractivity contribution in [2.45, 2.75) is 50.2 Å². The normalized spacial score (nSPS) is 21.9. The van der Waals surface area contributed by atoms with Gasteiger partial charge in [0.05, 0.1) is 5.60 Å². The van der Waals surface area contributed by atoms with Crippen molar-refractivity contribution in [2.24, 2.45) is 11.7 Å². The molecule has 8 heteroatoms. The van der Waals surface area contributed by atoms with Crippen molar-refractivity contribution < 1.29 is 23.8 Å². The first-order valence-corrected chi connectivity index (χ1v) is 12.9. The Kier molecular flexibility index (Phi) is 8.82. The minimum absolute atomic E-state index is 0.00484. The van der Waals surface area contributed by atoms with Crippen molar-refractivity contribution in [3.63, 3.8) is 0 Å². The van der Waals surface area contributed by atoms with Crippen LogP contribution in [0.3, 0.4) is 0 Å². The van der Waals surface area contributed by atoms with E-state index in [0.29, 0.717) is 56.3 Å². The van der Waals surface area contributed by atoms with Gasteiger partial charge in [-0.25, -0.2) is 9.18 Å². The topological polar surface area (TPSA) is 88.3 Å². The zero-order valence-electron chi connectivity index (χ0n) is 21.1. The molecule has 7 nitrogen and oxygen atoms in total. The molecule has 0 spiro atoms. The van der Waals surface area contributed by atoms with E-state index < -0.39 is 5.60 Å². The number of likely N-dealkylation sites (tertiary alicyclic amines) is 2. The van der Waals surface area contributed by atoms with Crippen LogP contribution in [0.2, 0.25) is 0 Å². The molecule has 196 valence electrons. The molecule has 36 heavy (non-hydrogen) atoms. The lowest BCUT2D eigenvalue weighted by atomic mass is 9.73. The van der Waals surface area contributed by atoms with Crippen LogP contribution in [0.4, 0.5) is 9.18 Å². The van der Waals surface area contributed by atoms with Crippen LogP contribution >= 0.6 is 0 Å². The third kappa shape index (κ3) is 6.17. The molecule has 3 atom stereocenters. The maximum absolute atomic E-state index is 13.4. The molecule has 2 aromatic rings. The highest BCUT2D eigenvalue weighted by molar-refractivity contribution is 5.75. The molecule has 2 saturated heterocycles. The molecule has 0 bridgehead atoms. The third-order valence-electron chi connectivity index (χ3n) is 7.41. The molecule has 4 rings (SSSR count). The summed E-state index contributed by atoms with van der Waals surface area (Å²) in [6.45, 7) is 3.02. The number of nitrogens with two attached hydrogens (primary N) is 1. The van der Waals surface area contributed by atoms with Gasteiger partial charge in [-0.1, -0.05) is 18.2 Å². The first-order chi connectivity index (χ1) is 17.4. The van der Waals surface area contributed by atoms with Gasteiger partial charge in [0.1, 0.15) is 17.3 Å². The second-order valence-electron chi connectivity index (χ2n) is 9.99. The number of benzene rings is 2. The maximum Gasteiger partial charge on any atom is 0.320 e. The Hall–Kier alpha value is -2.68. The highest BCUT2D eigenvalue weighted by Gasteiger charge is 2.43. The van der Waals surface area contributed by atoms with Crippen molar-refractivity contribution in [1.82, 2.24) is 9.80 Å². The fourth-order valence-corrected chi connectivity index (χ4v) is 5.44. The lowest BCUT2D eigenvalue weighted by Crippen LogP contribution is -2.51. The number of ether oxygens (including phenoxy) is 2. The average molecular weight is 500 g/mol. The summed E-state index contributed by atoms with van der Waals surface area (Å²) in [6, 6.07) is 13.4. The van der Waals surface area contributed by atoms with Gasteiger partial charge in [0.25, 0.3) is 0 Å². The summed E-state index contributed by atoms with van der Waals surface area (Å²) in [5, 5.41) is 12.4. The van der Waals surface area contributed by atoms with Crippen molar-refractivity contribution >= 4 is 6.03 Å². The van der Waals surface area contributed by atoms with Gasteiger partial charge >= 0.3 is 6.03 Å². The molecular weight excluding hydrogens is 461 g/mol. The molecule has 0 saturated carbocycles. The van der Waals surface area contributed by atoms with Crippen molar-refractivity contribution in [3.8, 4) is 11.5 Å². The molecule has 2 aliphatic heterocycles. The summed E-state index contributed by atoms with van der Waals surface area (Å²) in [6.07, 6.45) is 4.54. The molecule has 0 aliphatic carbocycles. The van der Waals surface area contributed by atoms with E-state index in [1.807, 2.05) is 34.1 Å². The number of nitrogens with zero attached hydrogens (tertiary/aromatic N) is 2. The van der Waals surface area contributed by atoms with E-state index in [1.54, 1.807) is 19.2 Å². The fourth-order valence-electron chi connectivity index (χ4n) is 5.44. The third-order valence-corrected chi connectivity index (χ3v) is 7.41. The Bertz CT molecular complexity index is 1000. The number of urea groups is 1. The van der Waals surface area contributed by atoms with Crippen LogP contribution in [0.1, 0.15) is 44.1 Å². The number of piperidine rings is 1. The quantitative estimate of drug-likeness (QED) is 0.497. The lowest BCUT2D eigenvalue weighted by Gasteiger charge is -2.44. The van der Waals surface area contributed by atoms with E-state index in [1.165, 1.54) is 12.1 Å². The van der Waals surface area contributed by atoms with Gasteiger partial charge in [-0.05, 0) is 68.9 Å². The van der Waals surface area contributed by atoms with Crippen molar-refractivity contribution in [2.75, 3.05) is 39.9 Å². The van der Waals surface area contributed by atoms with Crippen LogP contribution in [0.25, 0.3) is 0 Å². The van der Waals surface area contributed by atoms with Gasteiger partial charge < -0.3 is 30.1 Å². The Labute approximate surface area is 213 Å². The van der Waals surface area contributed by atoms with Gasteiger partial charge in [0, 0.05) is 57.4 Å². The summed E-state index contributed by atoms with van der Waals surface area (Å²) in [4.78, 5) is 16.9. The smallest absolute Gasteiger partial charge is 0.320 e. The number of aliphatic hydroxyl groups is 1. The zero-order valence-corrected chi connectivity index (χ0v) is 21.1. The molecule has 0 radical (unpaired) electrons. The van der Waals surface area contributed by atoms with Gasteiger partial charge in [0.2, 0.25) is 0 Å². The average Bonchev–Trinajstić information content (AvgIpc) is 3.34. The van der Waals surface area contributed by atoms with E-state index >= 15 is 0 Å². The Balaban J connectivity index is 1.60. The molecule has 2 aliphatic rings. The summed E-state index contributed by atoms with van der Waals surface area (Å²) in [5.41, 5.74) is 5.52. The summed E-state index contributed by atoms with van der Waals surface area (Å²) in [5.74, 6) is 0.534. The minimum Gasteiger partial charge on any atom is -0.457 e. The van der Waals surface area contributed by atoms with Crippen LogP contribution < -0.4 is 10.5 Å². The summed E-state index contributed by atoms with van der Waals surface area (Å²) < 4.78 is 24.8. The number of carbonyl (C=O) groups excluding carboxylic acids is 1. The molecule has 2 fully saturated rings. The molecule has 0 aromatic heterocycles. The number of hydrogen-bond acceptors (Lipinski definition) is 5. The first-order valence-electron chi connectivity index (χ1n) is 12.9. The number of unbranched alkanes of at least 4 members (excludes halogenated alkanes) is 1. The van der Waals surface area contributed by atoms with Gasteiger partial charge in [-0.15, -0.1) is 0 Å². The minimum atomic E-state index is -1.20. The number of para-hydroxylation sites is 1. The predicted molar refractivity (Wildman–Crippen MR) is 136 cm³/mol. The number of halogens is 1. The number of methoxy groups -OCH3 is 1. The maximum atomic E-state index is 13.4. The van der Waals surface area contributed by atoms with Gasteiger partial charge in [-0.3, -0.25) is 0 Å². The highest BCUT2D eigenvalue weighted by atomic mass is 19.1. The van der Waals surface area contributed by atoms with Crippen molar-refractivity contribution in [3.05, 3.63) is 59.9 Å². The lowest BCUT2D eigenvalue weighted by molar-refractivity contribution is -0.0586. The standard InChI is InChI=1S/C28H38FN3O4/c1-35-18-5-4-15-28(34,21-7-6-16-31(19-21)27(33)32-17-14-23(30)20-32)25-8-2-3-9-26(25)36-24-12-10-22(29)11-13-24/h2-3,8-13,21,23,34H,4-7,14-20,30H2,1H3/t21-,23+,28+/m1/s1. The second kappa shape index (κ2) is 12.0. The second-order valence-corrected chi connectivity index (χ2v) is 9.99. The molecule has 2 heterocycles. The molecular formula is C28H38FN3O4. The molecule has 0 unspecified atom stereocenters. The number of carbonyl (C=O) groups is 1. The zero-order chi connectivity index (χ0) is 25.5. The number of rotatable bonds is 9. The Morgan fingerprint density at radius 2 is 1.83 bits per heavy atom. The molecule has 2 amide bonds. The van der Waals surface area contributed by atoms with Crippen LogP contribution in [0, 0.1) is 11.7 Å². The van der Waals surface area contributed by atoms with Crippen molar-refractivity contribution in [1.29, 1.82) is 0 Å². The van der Waals surface area contributed by atoms with Crippen LogP contribution in [0.5, 0.6) is 11.5 Å². The number of hydrogen-bond donors (Lipinski definition) is 2. The van der Waals surface area contributed by atoms with E-state index in [2.05, 4.69) is 0 Å². The Morgan fingerprint density at radius 1 is 1.08 bits per heavy atom. The van der Waals surface area contributed by atoms with Crippen LogP contribution in [-0.2, 0) is 10.3 Å². The monoisotopic (exact) mass is 499 g/mol. The summed E-state index contributed by atoms with van der Waals surface area (Å²) >= 11 is 0. The van der Waals surface area contributed by atoms with E-state index in [-0.39, 0.29) is 23.8 Å².